The van der Waals surface area contributed by atoms with Gasteiger partial charge < -0.3 is 9.57 Å². The Morgan fingerprint density at radius 2 is 2.33 bits per heavy atom. The van der Waals surface area contributed by atoms with E-state index in [2.05, 4.69) is 27.2 Å². The van der Waals surface area contributed by atoms with Crippen LogP contribution in [-0.2, 0) is 6.42 Å². The summed E-state index contributed by atoms with van der Waals surface area (Å²) in [6, 6.07) is 3.91. The summed E-state index contributed by atoms with van der Waals surface area (Å²) in [5, 5.41) is 13.1. The average molecular weight is 309 g/mol. The number of oxime groups is 1. The lowest BCUT2D eigenvalue weighted by molar-refractivity contribution is 0.281. The van der Waals surface area contributed by atoms with Crippen LogP contribution in [-0.4, -0.2) is 12.3 Å². The van der Waals surface area contributed by atoms with Crippen LogP contribution in [0.2, 0.25) is 0 Å². The number of nitrogens with zero attached hydrogens (tertiary/aromatic N) is 2. The summed E-state index contributed by atoms with van der Waals surface area (Å²) >= 11 is 3.49. The van der Waals surface area contributed by atoms with Crippen molar-refractivity contribution in [2.24, 2.45) is 5.16 Å². The zero-order valence-electron chi connectivity index (χ0n) is 10.3. The average Bonchev–Trinajstić information content (AvgIpc) is 2.36. The van der Waals surface area contributed by atoms with Crippen molar-refractivity contribution in [1.82, 2.24) is 0 Å². The first-order valence-electron chi connectivity index (χ1n) is 5.70. The Morgan fingerprint density at radius 3 is 3.00 bits per heavy atom. The first kappa shape index (κ1) is 12.9. The highest BCUT2D eigenvalue weighted by atomic mass is 79.9. The molecular formula is C13H13BrN2O2. The van der Waals surface area contributed by atoms with Gasteiger partial charge in [0, 0.05) is 10.0 Å². The number of halogens is 1. The number of ether oxygens (including phenoxy) is 1. The third kappa shape index (κ3) is 2.49. The zero-order valence-corrected chi connectivity index (χ0v) is 11.9. The van der Waals surface area contributed by atoms with E-state index in [0.717, 1.165) is 28.6 Å². The van der Waals surface area contributed by atoms with Crippen LogP contribution in [0.1, 0.15) is 31.4 Å². The van der Waals surface area contributed by atoms with Crippen molar-refractivity contribution in [2.45, 2.75) is 26.7 Å². The van der Waals surface area contributed by atoms with Crippen molar-refractivity contribution < 1.29 is 9.57 Å². The second-order valence-electron chi connectivity index (χ2n) is 4.23. The number of nitriles is 1. The summed E-state index contributed by atoms with van der Waals surface area (Å²) in [5.41, 5.74) is 2.23. The lowest BCUT2D eigenvalue weighted by Crippen LogP contribution is -2.11. The Morgan fingerprint density at radius 1 is 1.56 bits per heavy atom. The standard InChI is InChI=1S/C13H13BrN2O2/c1-8(2)16-18-12-6-11(14)9-4-3-5-17-13(9)10(12)7-15/h6H,3-5H2,1-2H3. The highest BCUT2D eigenvalue weighted by Crippen LogP contribution is 2.40. The van der Waals surface area contributed by atoms with Gasteiger partial charge in [-0.1, -0.05) is 21.1 Å². The topological polar surface area (TPSA) is 54.6 Å². The van der Waals surface area contributed by atoms with E-state index in [1.54, 1.807) is 6.07 Å². The summed E-state index contributed by atoms with van der Waals surface area (Å²) in [7, 11) is 0. The van der Waals surface area contributed by atoms with E-state index in [9.17, 15) is 5.26 Å². The van der Waals surface area contributed by atoms with Gasteiger partial charge in [0.1, 0.15) is 17.4 Å². The lowest BCUT2D eigenvalue weighted by atomic mass is 10.0. The van der Waals surface area contributed by atoms with E-state index < -0.39 is 0 Å². The van der Waals surface area contributed by atoms with Crippen molar-refractivity contribution in [3.05, 3.63) is 21.7 Å². The number of rotatable bonds is 2. The van der Waals surface area contributed by atoms with Crippen LogP contribution >= 0.6 is 15.9 Å². The zero-order chi connectivity index (χ0) is 13.1. The Hall–Kier alpha value is -1.54. The van der Waals surface area contributed by atoms with Gasteiger partial charge in [-0.15, -0.1) is 0 Å². The lowest BCUT2D eigenvalue weighted by Gasteiger charge is -2.20. The third-order valence-electron chi connectivity index (χ3n) is 2.55. The van der Waals surface area contributed by atoms with E-state index >= 15 is 0 Å². The molecule has 0 saturated heterocycles. The molecule has 0 atom stereocenters. The molecule has 0 saturated carbocycles. The Kier molecular flexibility index (Phi) is 3.87. The van der Waals surface area contributed by atoms with Crippen molar-refractivity contribution in [1.29, 1.82) is 5.26 Å². The molecule has 18 heavy (non-hydrogen) atoms. The largest absolute Gasteiger partial charge is 0.492 e. The smallest absolute Gasteiger partial charge is 0.180 e. The van der Waals surface area contributed by atoms with E-state index in [0.29, 0.717) is 23.7 Å². The van der Waals surface area contributed by atoms with Crippen LogP contribution < -0.4 is 9.57 Å². The van der Waals surface area contributed by atoms with Gasteiger partial charge in [0.2, 0.25) is 0 Å². The van der Waals surface area contributed by atoms with E-state index in [4.69, 9.17) is 9.57 Å². The number of hydrogen-bond donors (Lipinski definition) is 0. The molecule has 0 aliphatic carbocycles. The first-order valence-corrected chi connectivity index (χ1v) is 6.49. The molecule has 4 nitrogen and oxygen atoms in total. The molecule has 0 amide bonds. The Bertz CT molecular complexity index is 543. The summed E-state index contributed by atoms with van der Waals surface area (Å²) in [5.74, 6) is 1.04. The fourth-order valence-corrected chi connectivity index (χ4v) is 2.37. The molecule has 0 N–H and O–H groups in total. The molecule has 1 aromatic rings. The minimum absolute atomic E-state index is 0.415. The van der Waals surface area contributed by atoms with Crippen LogP contribution in [0.3, 0.4) is 0 Å². The molecule has 0 bridgehead atoms. The number of fused-ring (bicyclic) bond motifs is 1. The third-order valence-corrected chi connectivity index (χ3v) is 3.26. The van der Waals surface area contributed by atoms with Crippen molar-refractivity contribution >= 4 is 21.6 Å². The summed E-state index contributed by atoms with van der Waals surface area (Å²) in [4.78, 5) is 5.29. The maximum atomic E-state index is 9.26. The van der Waals surface area contributed by atoms with Crippen LogP contribution in [0.5, 0.6) is 11.5 Å². The molecule has 0 fully saturated rings. The minimum atomic E-state index is 0.415. The molecule has 1 aliphatic rings. The number of benzene rings is 1. The van der Waals surface area contributed by atoms with E-state index in [1.807, 2.05) is 13.8 Å². The minimum Gasteiger partial charge on any atom is -0.492 e. The maximum Gasteiger partial charge on any atom is 0.180 e. The van der Waals surface area contributed by atoms with Crippen LogP contribution in [0.25, 0.3) is 0 Å². The summed E-state index contributed by atoms with van der Waals surface area (Å²) in [6.07, 6.45) is 1.86. The van der Waals surface area contributed by atoms with E-state index in [1.165, 1.54) is 0 Å². The normalized spacial score (nSPS) is 13.0. The van der Waals surface area contributed by atoms with Gasteiger partial charge >= 0.3 is 0 Å². The fourth-order valence-electron chi connectivity index (χ4n) is 1.78. The van der Waals surface area contributed by atoms with E-state index in [-0.39, 0.29) is 0 Å². The SMILES string of the molecule is CC(C)=NOc1cc(Br)c2c(c1C#N)OCCC2. The Balaban J connectivity index is 2.51. The maximum absolute atomic E-state index is 9.26. The first-order chi connectivity index (χ1) is 8.63. The van der Waals surface area contributed by atoms with Crippen molar-refractivity contribution in [2.75, 3.05) is 6.61 Å². The van der Waals surface area contributed by atoms with Gasteiger partial charge in [-0.3, -0.25) is 0 Å². The van der Waals surface area contributed by atoms with Crippen LogP contribution in [0, 0.1) is 11.3 Å². The van der Waals surface area contributed by atoms with Gasteiger partial charge in [0.15, 0.2) is 5.75 Å². The summed E-state index contributed by atoms with van der Waals surface area (Å²) in [6.45, 7) is 4.29. The van der Waals surface area contributed by atoms with Gasteiger partial charge in [0.05, 0.1) is 12.3 Å². The van der Waals surface area contributed by atoms with Gasteiger partial charge in [-0.25, -0.2) is 0 Å². The van der Waals surface area contributed by atoms with Gasteiger partial charge in [-0.05, 0) is 32.8 Å². The highest BCUT2D eigenvalue weighted by molar-refractivity contribution is 9.10. The molecule has 0 unspecified atom stereocenters. The molecule has 1 aromatic carbocycles. The molecular weight excluding hydrogens is 296 g/mol. The highest BCUT2D eigenvalue weighted by Gasteiger charge is 2.22. The quantitative estimate of drug-likeness (QED) is 0.621. The second kappa shape index (κ2) is 5.40. The Labute approximate surface area is 114 Å². The van der Waals surface area contributed by atoms with Gasteiger partial charge in [0.25, 0.3) is 0 Å². The fraction of sp³-hybridized carbons (Fsp3) is 0.385. The molecule has 5 heteroatoms. The monoisotopic (exact) mass is 308 g/mol. The van der Waals surface area contributed by atoms with Gasteiger partial charge in [-0.2, -0.15) is 5.26 Å². The number of hydrogen-bond acceptors (Lipinski definition) is 4. The van der Waals surface area contributed by atoms with Crippen LogP contribution in [0.4, 0.5) is 0 Å². The molecule has 2 rings (SSSR count). The predicted molar refractivity (Wildman–Crippen MR) is 72.1 cm³/mol. The summed E-state index contributed by atoms with van der Waals surface area (Å²) < 4.78 is 6.49. The predicted octanol–water partition coefficient (Wildman–Crippen LogP) is 3.42. The molecule has 0 aromatic heterocycles. The van der Waals surface area contributed by atoms with Crippen molar-refractivity contribution in [3.8, 4) is 17.6 Å². The van der Waals surface area contributed by atoms with Crippen LogP contribution in [0.15, 0.2) is 15.7 Å². The molecule has 1 aliphatic heterocycles. The molecule has 94 valence electrons. The molecule has 0 radical (unpaired) electrons. The molecule has 1 heterocycles. The molecule has 0 spiro atoms. The second-order valence-corrected chi connectivity index (χ2v) is 5.09. The van der Waals surface area contributed by atoms with Crippen molar-refractivity contribution in [3.63, 3.8) is 0 Å².